The van der Waals surface area contributed by atoms with E-state index in [1.807, 2.05) is 13.0 Å². The van der Waals surface area contributed by atoms with Gasteiger partial charge in [0.1, 0.15) is 5.76 Å². The van der Waals surface area contributed by atoms with Crippen LogP contribution in [0.15, 0.2) is 28.8 Å². The fraction of sp³-hybridized carbons (Fsp3) is 0.267. The number of ether oxygens (including phenoxy) is 2. The average molecular weight is 301 g/mol. The second kappa shape index (κ2) is 7.13. The molecule has 1 aromatic heterocycles. The van der Waals surface area contributed by atoms with Crippen molar-refractivity contribution in [2.75, 3.05) is 18.5 Å². The number of benzene rings is 1. The van der Waals surface area contributed by atoms with Crippen LogP contribution in [0, 0.1) is 18.3 Å². The molecule has 1 heterocycles. The summed E-state index contributed by atoms with van der Waals surface area (Å²) in [6, 6.07) is 8.38. The van der Waals surface area contributed by atoms with Crippen molar-refractivity contribution in [1.29, 1.82) is 5.26 Å². The van der Waals surface area contributed by atoms with E-state index in [2.05, 4.69) is 10.5 Å². The summed E-state index contributed by atoms with van der Waals surface area (Å²) in [7, 11) is 0. The molecule has 0 fully saturated rings. The van der Waals surface area contributed by atoms with Gasteiger partial charge in [0.25, 0.3) is 5.91 Å². The van der Waals surface area contributed by atoms with Crippen LogP contribution in [0.25, 0.3) is 0 Å². The van der Waals surface area contributed by atoms with Gasteiger partial charge in [0.15, 0.2) is 23.9 Å². The van der Waals surface area contributed by atoms with Gasteiger partial charge in [-0.1, -0.05) is 5.16 Å². The number of hydrogen-bond donors (Lipinski definition) is 1. The number of aromatic nitrogens is 1. The van der Waals surface area contributed by atoms with Gasteiger partial charge in [-0.3, -0.25) is 4.79 Å². The molecule has 1 aromatic carbocycles. The molecule has 0 saturated carbocycles. The number of aryl methyl sites for hydroxylation is 1. The maximum atomic E-state index is 11.8. The summed E-state index contributed by atoms with van der Waals surface area (Å²) < 4.78 is 15.7. The molecule has 0 radical (unpaired) electrons. The minimum atomic E-state index is -0.375. The molecule has 7 heteroatoms. The Hall–Kier alpha value is -3.01. The lowest BCUT2D eigenvalue weighted by molar-refractivity contribution is -0.118. The van der Waals surface area contributed by atoms with E-state index in [9.17, 15) is 4.79 Å². The predicted octanol–water partition coefficient (Wildman–Crippen LogP) is 2.27. The number of carbonyl (C=O) groups is 1. The number of nitrogens with one attached hydrogen (secondary N) is 1. The van der Waals surface area contributed by atoms with Gasteiger partial charge >= 0.3 is 0 Å². The molecule has 22 heavy (non-hydrogen) atoms. The van der Waals surface area contributed by atoms with E-state index in [0.717, 1.165) is 0 Å². The van der Waals surface area contributed by atoms with Gasteiger partial charge in [0, 0.05) is 12.1 Å². The van der Waals surface area contributed by atoms with Crippen LogP contribution in [0.2, 0.25) is 0 Å². The van der Waals surface area contributed by atoms with E-state index in [1.165, 1.54) is 0 Å². The Morgan fingerprint density at radius 3 is 2.82 bits per heavy atom. The molecule has 1 N–H and O–H groups in total. The average Bonchev–Trinajstić information content (AvgIpc) is 2.91. The van der Waals surface area contributed by atoms with Crippen molar-refractivity contribution in [3.63, 3.8) is 0 Å². The highest BCUT2D eigenvalue weighted by atomic mass is 16.5. The number of nitrogens with zero attached hydrogens (tertiary/aromatic N) is 2. The molecule has 2 rings (SSSR count). The first kappa shape index (κ1) is 15.4. The quantitative estimate of drug-likeness (QED) is 0.879. The van der Waals surface area contributed by atoms with Gasteiger partial charge in [-0.2, -0.15) is 5.26 Å². The summed E-state index contributed by atoms with van der Waals surface area (Å²) in [5.41, 5.74) is 0.457. The summed E-state index contributed by atoms with van der Waals surface area (Å²) in [5.74, 6) is 1.37. The monoisotopic (exact) mass is 301 g/mol. The van der Waals surface area contributed by atoms with E-state index in [4.69, 9.17) is 19.3 Å². The second-order valence-electron chi connectivity index (χ2n) is 4.37. The van der Waals surface area contributed by atoms with Gasteiger partial charge in [-0.15, -0.1) is 0 Å². The van der Waals surface area contributed by atoms with Crippen LogP contribution in [0.3, 0.4) is 0 Å². The van der Waals surface area contributed by atoms with Crippen molar-refractivity contribution in [2.45, 2.75) is 13.8 Å². The number of rotatable bonds is 6. The molecule has 0 aliphatic carbocycles. The largest absolute Gasteiger partial charge is 0.490 e. The van der Waals surface area contributed by atoms with Crippen molar-refractivity contribution in [2.24, 2.45) is 0 Å². The second-order valence-corrected chi connectivity index (χ2v) is 4.37. The van der Waals surface area contributed by atoms with E-state index < -0.39 is 0 Å². The fourth-order valence-electron chi connectivity index (χ4n) is 1.71. The van der Waals surface area contributed by atoms with E-state index in [1.54, 1.807) is 31.2 Å². The first-order valence-corrected chi connectivity index (χ1v) is 6.65. The molecule has 0 atom stereocenters. The summed E-state index contributed by atoms with van der Waals surface area (Å²) in [6.45, 7) is 3.76. The summed E-state index contributed by atoms with van der Waals surface area (Å²) in [6.07, 6.45) is 0. The predicted molar refractivity (Wildman–Crippen MR) is 77.7 cm³/mol. The Labute approximate surface area is 127 Å². The minimum absolute atomic E-state index is 0.210. The molecule has 0 bridgehead atoms. The van der Waals surface area contributed by atoms with Crippen LogP contribution in [0.5, 0.6) is 11.5 Å². The molecular weight excluding hydrogens is 286 g/mol. The lowest BCUT2D eigenvalue weighted by Crippen LogP contribution is -2.20. The normalized spacial score (nSPS) is 9.86. The zero-order valence-electron chi connectivity index (χ0n) is 12.3. The van der Waals surface area contributed by atoms with Crippen molar-refractivity contribution in [3.05, 3.63) is 35.6 Å². The first-order valence-electron chi connectivity index (χ1n) is 6.65. The summed E-state index contributed by atoms with van der Waals surface area (Å²) in [5, 5.41) is 15.1. The van der Waals surface area contributed by atoms with Crippen molar-refractivity contribution in [3.8, 4) is 17.6 Å². The number of nitriles is 1. The lowest BCUT2D eigenvalue weighted by Gasteiger charge is -2.11. The Morgan fingerprint density at radius 2 is 2.18 bits per heavy atom. The van der Waals surface area contributed by atoms with Crippen LogP contribution >= 0.6 is 0 Å². The molecule has 0 spiro atoms. The SMILES string of the molecule is CCOc1cc(C#N)ccc1OCC(=O)Nc1cc(C)on1. The maximum Gasteiger partial charge on any atom is 0.263 e. The molecule has 0 saturated heterocycles. The van der Waals surface area contributed by atoms with Gasteiger partial charge in [-0.25, -0.2) is 0 Å². The molecule has 7 nitrogen and oxygen atoms in total. The van der Waals surface area contributed by atoms with Gasteiger partial charge in [0.2, 0.25) is 0 Å². The molecule has 0 aliphatic rings. The third-order valence-electron chi connectivity index (χ3n) is 2.63. The first-order chi connectivity index (χ1) is 10.6. The summed E-state index contributed by atoms with van der Waals surface area (Å²) in [4.78, 5) is 11.8. The zero-order valence-corrected chi connectivity index (χ0v) is 12.3. The molecule has 114 valence electrons. The third-order valence-corrected chi connectivity index (χ3v) is 2.63. The number of amides is 1. The van der Waals surface area contributed by atoms with Gasteiger partial charge in [0.05, 0.1) is 18.2 Å². The highest BCUT2D eigenvalue weighted by molar-refractivity contribution is 5.90. The van der Waals surface area contributed by atoms with E-state index in [-0.39, 0.29) is 12.5 Å². The van der Waals surface area contributed by atoms with Crippen LogP contribution in [-0.2, 0) is 4.79 Å². The standard InChI is InChI=1S/C15H15N3O4/c1-3-20-13-7-11(8-16)4-5-12(13)21-9-15(19)17-14-6-10(2)22-18-14/h4-7H,3,9H2,1-2H3,(H,17,18,19). The Morgan fingerprint density at radius 1 is 1.36 bits per heavy atom. The summed E-state index contributed by atoms with van der Waals surface area (Å²) >= 11 is 0. The van der Waals surface area contributed by atoms with E-state index >= 15 is 0 Å². The highest BCUT2D eigenvalue weighted by Gasteiger charge is 2.10. The van der Waals surface area contributed by atoms with E-state index in [0.29, 0.717) is 35.2 Å². The van der Waals surface area contributed by atoms with Gasteiger partial charge < -0.3 is 19.3 Å². The van der Waals surface area contributed by atoms with Crippen LogP contribution < -0.4 is 14.8 Å². The van der Waals surface area contributed by atoms with Crippen molar-refractivity contribution >= 4 is 11.7 Å². The molecule has 0 unspecified atom stereocenters. The van der Waals surface area contributed by atoms with Crippen LogP contribution in [-0.4, -0.2) is 24.3 Å². The fourth-order valence-corrected chi connectivity index (χ4v) is 1.71. The topological polar surface area (TPSA) is 97.4 Å². The number of anilines is 1. The third kappa shape index (κ3) is 3.99. The van der Waals surface area contributed by atoms with Crippen LogP contribution in [0.1, 0.15) is 18.2 Å². The smallest absolute Gasteiger partial charge is 0.263 e. The van der Waals surface area contributed by atoms with Crippen LogP contribution in [0.4, 0.5) is 5.82 Å². The highest BCUT2D eigenvalue weighted by Crippen LogP contribution is 2.28. The molecule has 2 aromatic rings. The lowest BCUT2D eigenvalue weighted by atomic mass is 10.2. The number of carbonyl (C=O) groups excluding carboxylic acids is 1. The maximum absolute atomic E-state index is 11.8. The Balaban J connectivity index is 1.98. The molecule has 1 amide bonds. The van der Waals surface area contributed by atoms with Crippen molar-refractivity contribution in [1.82, 2.24) is 5.16 Å². The molecular formula is C15H15N3O4. The van der Waals surface area contributed by atoms with Crippen molar-refractivity contribution < 1.29 is 18.8 Å². The Kier molecular flexibility index (Phi) is 4.98. The minimum Gasteiger partial charge on any atom is -0.490 e. The Bertz CT molecular complexity index is 703. The zero-order chi connectivity index (χ0) is 15.9. The number of hydrogen-bond acceptors (Lipinski definition) is 6. The van der Waals surface area contributed by atoms with Gasteiger partial charge in [-0.05, 0) is 26.0 Å². The molecule has 0 aliphatic heterocycles.